The van der Waals surface area contributed by atoms with Crippen molar-refractivity contribution >= 4 is 0 Å². The van der Waals surface area contributed by atoms with Crippen LogP contribution in [0.15, 0.2) is 24.3 Å². The molecule has 0 radical (unpaired) electrons. The Balaban J connectivity index is 1.72. The molecule has 1 aromatic rings. The van der Waals surface area contributed by atoms with E-state index in [4.69, 9.17) is 0 Å². The van der Waals surface area contributed by atoms with E-state index in [2.05, 4.69) is 34.5 Å². The van der Waals surface area contributed by atoms with Crippen molar-refractivity contribution in [3.8, 4) is 0 Å². The molecular formula is C14H19FN2. The summed E-state index contributed by atoms with van der Waals surface area (Å²) in [5.41, 5.74) is 2.85. The molecule has 1 N–H and O–H groups in total. The molecule has 0 amide bonds. The van der Waals surface area contributed by atoms with E-state index < -0.39 is 6.17 Å². The summed E-state index contributed by atoms with van der Waals surface area (Å²) in [5.74, 6) is 0. The molecule has 0 spiro atoms. The molecule has 2 nitrogen and oxygen atoms in total. The number of halogens is 1. The number of hydrogen-bond acceptors (Lipinski definition) is 2. The molecule has 0 saturated carbocycles. The normalized spacial score (nSPS) is 29.2. The Hall–Kier alpha value is -0.930. The molecular weight excluding hydrogens is 215 g/mol. The molecule has 2 aliphatic heterocycles. The Labute approximate surface area is 102 Å². The maximum atomic E-state index is 13.2. The highest BCUT2D eigenvalue weighted by atomic mass is 19.1. The van der Waals surface area contributed by atoms with Crippen LogP contribution in [0, 0.1) is 0 Å². The number of alkyl halides is 1. The maximum Gasteiger partial charge on any atom is 0.114 e. The molecule has 0 aromatic heterocycles. The summed E-state index contributed by atoms with van der Waals surface area (Å²) in [5, 5.41) is 3.55. The van der Waals surface area contributed by atoms with Crippen LogP contribution in [0.2, 0.25) is 0 Å². The monoisotopic (exact) mass is 234 g/mol. The Kier molecular flexibility index (Phi) is 3.12. The fraction of sp³-hybridized carbons (Fsp3) is 0.571. The average Bonchev–Trinajstić information content (AvgIpc) is 2.75. The summed E-state index contributed by atoms with van der Waals surface area (Å²) in [4.78, 5) is 2.24. The number of likely N-dealkylation sites (tertiary alicyclic amines) is 1. The second kappa shape index (κ2) is 4.75. The van der Waals surface area contributed by atoms with Gasteiger partial charge in [-0.15, -0.1) is 0 Å². The number of hydrogen-bond donors (Lipinski definition) is 1. The van der Waals surface area contributed by atoms with Crippen LogP contribution >= 0.6 is 0 Å². The molecule has 3 heteroatoms. The SMILES string of the molecule is F[C@H]1CCN(C[C@@H]2NCCc3ccccc32)C1. The van der Waals surface area contributed by atoms with Crippen LogP contribution in [0.1, 0.15) is 23.6 Å². The molecule has 17 heavy (non-hydrogen) atoms. The largest absolute Gasteiger partial charge is 0.309 e. The highest BCUT2D eigenvalue weighted by Gasteiger charge is 2.26. The van der Waals surface area contributed by atoms with Gasteiger partial charge in [0.05, 0.1) is 0 Å². The van der Waals surface area contributed by atoms with Crippen molar-refractivity contribution in [2.45, 2.75) is 25.1 Å². The average molecular weight is 234 g/mol. The predicted molar refractivity (Wildman–Crippen MR) is 66.8 cm³/mol. The molecule has 2 atom stereocenters. The van der Waals surface area contributed by atoms with Crippen LogP contribution in [-0.2, 0) is 6.42 Å². The van der Waals surface area contributed by atoms with Crippen LogP contribution in [0.25, 0.3) is 0 Å². The predicted octanol–water partition coefficient (Wildman–Crippen LogP) is 1.92. The van der Waals surface area contributed by atoms with E-state index in [9.17, 15) is 4.39 Å². The molecule has 0 bridgehead atoms. The van der Waals surface area contributed by atoms with Gasteiger partial charge in [0.15, 0.2) is 0 Å². The van der Waals surface area contributed by atoms with Gasteiger partial charge in [-0.2, -0.15) is 0 Å². The van der Waals surface area contributed by atoms with Gasteiger partial charge in [0.2, 0.25) is 0 Å². The molecule has 0 aliphatic carbocycles. The third-order valence-electron chi connectivity index (χ3n) is 3.87. The molecule has 1 fully saturated rings. The summed E-state index contributed by atoms with van der Waals surface area (Å²) < 4.78 is 13.2. The lowest BCUT2D eigenvalue weighted by Gasteiger charge is -2.30. The van der Waals surface area contributed by atoms with Crippen molar-refractivity contribution in [2.24, 2.45) is 0 Å². The Morgan fingerprint density at radius 3 is 3.06 bits per heavy atom. The first-order valence-corrected chi connectivity index (χ1v) is 6.50. The van der Waals surface area contributed by atoms with Crippen LogP contribution in [0.4, 0.5) is 4.39 Å². The quantitative estimate of drug-likeness (QED) is 0.841. The van der Waals surface area contributed by atoms with Gasteiger partial charge in [-0.1, -0.05) is 24.3 Å². The van der Waals surface area contributed by atoms with Crippen molar-refractivity contribution in [3.63, 3.8) is 0 Å². The summed E-state index contributed by atoms with van der Waals surface area (Å²) in [6, 6.07) is 9.00. The molecule has 0 unspecified atom stereocenters. The molecule has 2 heterocycles. The van der Waals surface area contributed by atoms with E-state index in [-0.39, 0.29) is 0 Å². The minimum Gasteiger partial charge on any atom is -0.309 e. The zero-order chi connectivity index (χ0) is 11.7. The highest BCUT2D eigenvalue weighted by Crippen LogP contribution is 2.25. The van der Waals surface area contributed by atoms with E-state index >= 15 is 0 Å². The lowest BCUT2D eigenvalue weighted by molar-refractivity contribution is 0.258. The van der Waals surface area contributed by atoms with E-state index in [1.54, 1.807) is 0 Å². The molecule has 1 aromatic carbocycles. The van der Waals surface area contributed by atoms with Crippen molar-refractivity contribution in [2.75, 3.05) is 26.2 Å². The summed E-state index contributed by atoms with van der Waals surface area (Å²) in [6.07, 6.45) is 1.20. The Bertz CT molecular complexity index is 394. The Morgan fingerprint density at radius 2 is 2.24 bits per heavy atom. The van der Waals surface area contributed by atoms with Gasteiger partial charge >= 0.3 is 0 Å². The first-order chi connectivity index (χ1) is 8.33. The van der Waals surface area contributed by atoms with E-state index in [1.807, 2.05) is 0 Å². The Morgan fingerprint density at radius 1 is 1.35 bits per heavy atom. The van der Waals surface area contributed by atoms with E-state index in [0.29, 0.717) is 19.0 Å². The number of nitrogens with one attached hydrogen (secondary N) is 1. The fourth-order valence-corrected chi connectivity index (χ4v) is 2.97. The minimum atomic E-state index is -0.617. The molecule has 92 valence electrons. The van der Waals surface area contributed by atoms with Gasteiger partial charge in [0.25, 0.3) is 0 Å². The van der Waals surface area contributed by atoms with E-state index in [1.165, 1.54) is 11.1 Å². The van der Waals surface area contributed by atoms with Gasteiger partial charge in [-0.25, -0.2) is 4.39 Å². The van der Waals surface area contributed by atoms with Gasteiger partial charge < -0.3 is 5.32 Å². The van der Waals surface area contributed by atoms with E-state index in [0.717, 1.165) is 26.1 Å². The van der Waals surface area contributed by atoms with Crippen LogP contribution in [0.3, 0.4) is 0 Å². The number of benzene rings is 1. The first kappa shape index (κ1) is 11.2. The highest BCUT2D eigenvalue weighted by molar-refractivity contribution is 5.32. The number of nitrogens with zero attached hydrogens (tertiary/aromatic N) is 1. The van der Waals surface area contributed by atoms with Crippen LogP contribution < -0.4 is 5.32 Å². The summed E-state index contributed by atoms with van der Waals surface area (Å²) in [7, 11) is 0. The fourth-order valence-electron chi connectivity index (χ4n) is 2.97. The van der Waals surface area contributed by atoms with Crippen molar-refractivity contribution < 1.29 is 4.39 Å². The van der Waals surface area contributed by atoms with Crippen molar-refractivity contribution in [1.82, 2.24) is 10.2 Å². The maximum absolute atomic E-state index is 13.2. The molecule has 2 aliphatic rings. The number of rotatable bonds is 2. The second-order valence-corrected chi connectivity index (χ2v) is 5.10. The third kappa shape index (κ3) is 2.35. The second-order valence-electron chi connectivity index (χ2n) is 5.10. The van der Waals surface area contributed by atoms with Crippen LogP contribution in [-0.4, -0.2) is 37.3 Å². The lowest BCUT2D eigenvalue weighted by atomic mass is 9.94. The molecule has 1 saturated heterocycles. The smallest absolute Gasteiger partial charge is 0.114 e. The van der Waals surface area contributed by atoms with Crippen molar-refractivity contribution in [3.05, 3.63) is 35.4 Å². The van der Waals surface area contributed by atoms with Gasteiger partial charge in [0, 0.05) is 25.7 Å². The zero-order valence-electron chi connectivity index (χ0n) is 10.0. The summed E-state index contributed by atoms with van der Waals surface area (Å²) in [6.45, 7) is 3.49. The van der Waals surface area contributed by atoms with Gasteiger partial charge in [-0.3, -0.25) is 4.90 Å². The van der Waals surface area contributed by atoms with Crippen molar-refractivity contribution in [1.29, 1.82) is 0 Å². The third-order valence-corrected chi connectivity index (χ3v) is 3.87. The van der Waals surface area contributed by atoms with Gasteiger partial charge in [0.1, 0.15) is 6.17 Å². The molecule has 3 rings (SSSR count). The summed E-state index contributed by atoms with van der Waals surface area (Å²) >= 11 is 0. The minimum absolute atomic E-state index is 0.380. The topological polar surface area (TPSA) is 15.3 Å². The zero-order valence-corrected chi connectivity index (χ0v) is 10.0. The first-order valence-electron chi connectivity index (χ1n) is 6.50. The standard InChI is InChI=1S/C14H19FN2/c15-12-6-8-17(9-12)10-14-13-4-2-1-3-11(13)5-7-16-14/h1-4,12,14,16H,5-10H2/t12-,14-/m0/s1. The van der Waals surface area contributed by atoms with Gasteiger partial charge in [-0.05, 0) is 30.5 Å². The lowest BCUT2D eigenvalue weighted by Crippen LogP contribution is -2.38. The number of fused-ring (bicyclic) bond motifs is 1. The van der Waals surface area contributed by atoms with Crippen LogP contribution in [0.5, 0.6) is 0 Å².